The molecular formula is C8H19MgNO4S. The molecule has 0 N–H and O–H groups in total. The molecule has 0 fully saturated rings. The standard InChI is InChI=1S/C8H19N.Mg.H2O4S/c1-6-9(7(2)3)8(4)5;;1-5(2,3)4/h7-8H,6H2,1-5H3;;(H2,1,2,3,4)/q;+2;/p-2. The van der Waals surface area contributed by atoms with E-state index in [-0.39, 0.29) is 23.1 Å². The molecular weight excluding hydrogens is 230 g/mol. The van der Waals surface area contributed by atoms with Gasteiger partial charge in [-0.05, 0) is 34.2 Å². The van der Waals surface area contributed by atoms with Crippen molar-refractivity contribution in [3.05, 3.63) is 0 Å². The van der Waals surface area contributed by atoms with Crippen molar-refractivity contribution in [2.75, 3.05) is 6.54 Å². The molecule has 0 aliphatic carbocycles. The van der Waals surface area contributed by atoms with Crippen molar-refractivity contribution in [1.29, 1.82) is 0 Å². The SMILES string of the molecule is CCN(C(C)C)C(C)C.O=S(=O)([O-])[O-].[Mg+2]. The minimum Gasteiger partial charge on any atom is -0.759 e. The molecule has 0 radical (unpaired) electrons. The monoisotopic (exact) mass is 249 g/mol. The van der Waals surface area contributed by atoms with Gasteiger partial charge in [-0.25, -0.2) is 0 Å². The van der Waals surface area contributed by atoms with Crippen LogP contribution in [-0.2, 0) is 10.4 Å². The molecule has 0 heterocycles. The third-order valence-corrected chi connectivity index (χ3v) is 1.69. The maximum atomic E-state index is 8.52. The normalized spacial score (nSPS) is 11.1. The second kappa shape index (κ2) is 9.80. The van der Waals surface area contributed by atoms with Crippen molar-refractivity contribution in [1.82, 2.24) is 4.90 Å². The molecule has 5 nitrogen and oxygen atoms in total. The molecule has 0 rings (SSSR count). The molecule has 0 aliphatic heterocycles. The second-order valence-corrected chi connectivity index (χ2v) is 4.24. The van der Waals surface area contributed by atoms with E-state index in [1.807, 2.05) is 0 Å². The van der Waals surface area contributed by atoms with Crippen LogP contribution >= 0.6 is 0 Å². The molecule has 15 heavy (non-hydrogen) atoms. The first-order valence-corrected chi connectivity index (χ1v) is 5.85. The van der Waals surface area contributed by atoms with E-state index in [9.17, 15) is 0 Å². The largest absolute Gasteiger partial charge is 2.00 e. The molecule has 0 aromatic rings. The smallest absolute Gasteiger partial charge is 0.759 e. The summed E-state index contributed by atoms with van der Waals surface area (Å²) < 4.78 is 34.1. The van der Waals surface area contributed by atoms with E-state index in [1.165, 1.54) is 0 Å². The maximum Gasteiger partial charge on any atom is 2.00 e. The van der Waals surface area contributed by atoms with Crippen LogP contribution in [-0.4, -0.2) is 64.1 Å². The maximum absolute atomic E-state index is 8.52. The van der Waals surface area contributed by atoms with Gasteiger partial charge in [0.1, 0.15) is 0 Å². The van der Waals surface area contributed by atoms with Gasteiger partial charge < -0.3 is 9.11 Å². The summed E-state index contributed by atoms with van der Waals surface area (Å²) in [5, 5.41) is 0. The molecule has 0 aliphatic rings. The summed E-state index contributed by atoms with van der Waals surface area (Å²) >= 11 is 0. The Hall–Kier alpha value is 0.596. The molecule has 0 aromatic heterocycles. The molecule has 0 aromatic carbocycles. The van der Waals surface area contributed by atoms with E-state index in [0.29, 0.717) is 12.1 Å². The Balaban J connectivity index is -0.000000208. The number of nitrogens with zero attached hydrogens (tertiary/aromatic N) is 1. The molecule has 88 valence electrons. The first kappa shape index (κ1) is 20.9. The van der Waals surface area contributed by atoms with Crippen LogP contribution < -0.4 is 0 Å². The van der Waals surface area contributed by atoms with Crippen LogP contribution in [0.4, 0.5) is 0 Å². The molecule has 0 saturated heterocycles. The van der Waals surface area contributed by atoms with Gasteiger partial charge in [0.15, 0.2) is 0 Å². The third kappa shape index (κ3) is 20.6. The number of hydrogen-bond acceptors (Lipinski definition) is 5. The van der Waals surface area contributed by atoms with E-state index < -0.39 is 10.4 Å². The Labute approximate surface area is 109 Å². The summed E-state index contributed by atoms with van der Waals surface area (Å²) in [4.78, 5) is 2.46. The van der Waals surface area contributed by atoms with Crippen LogP contribution in [0.3, 0.4) is 0 Å². The predicted molar refractivity (Wildman–Crippen MR) is 58.9 cm³/mol. The minimum absolute atomic E-state index is 0. The predicted octanol–water partition coefficient (Wildman–Crippen LogP) is 0.406. The number of rotatable bonds is 3. The Bertz CT molecular complexity index is 213. The van der Waals surface area contributed by atoms with Gasteiger partial charge in [-0.2, -0.15) is 0 Å². The van der Waals surface area contributed by atoms with Gasteiger partial charge >= 0.3 is 23.1 Å². The number of hydrogen-bond donors (Lipinski definition) is 0. The molecule has 0 amide bonds. The zero-order valence-corrected chi connectivity index (χ0v) is 12.3. The van der Waals surface area contributed by atoms with E-state index in [4.69, 9.17) is 17.5 Å². The summed E-state index contributed by atoms with van der Waals surface area (Å²) in [5.41, 5.74) is 0. The van der Waals surface area contributed by atoms with Gasteiger partial charge in [0, 0.05) is 22.5 Å². The van der Waals surface area contributed by atoms with Gasteiger partial charge in [0.25, 0.3) is 0 Å². The molecule has 0 unspecified atom stereocenters. The van der Waals surface area contributed by atoms with Crippen molar-refractivity contribution >= 4 is 33.5 Å². The zero-order chi connectivity index (χ0) is 11.9. The van der Waals surface area contributed by atoms with E-state index in [2.05, 4.69) is 39.5 Å². The fraction of sp³-hybridized carbons (Fsp3) is 1.00. The summed E-state index contributed by atoms with van der Waals surface area (Å²) in [6.45, 7) is 12.3. The Morgan fingerprint density at radius 2 is 1.27 bits per heavy atom. The van der Waals surface area contributed by atoms with Gasteiger partial charge in [0.2, 0.25) is 0 Å². The van der Waals surface area contributed by atoms with Crippen LogP contribution in [0.5, 0.6) is 0 Å². The average molecular weight is 250 g/mol. The summed E-state index contributed by atoms with van der Waals surface area (Å²) in [7, 11) is -5.17. The van der Waals surface area contributed by atoms with E-state index in [1.54, 1.807) is 0 Å². The first-order valence-electron chi connectivity index (χ1n) is 4.52. The Morgan fingerprint density at radius 3 is 1.27 bits per heavy atom. The summed E-state index contributed by atoms with van der Waals surface area (Å²) in [6.07, 6.45) is 0. The second-order valence-electron chi connectivity index (χ2n) is 3.43. The Kier molecular flexibility index (Phi) is 13.7. The first-order chi connectivity index (χ1) is 6.09. The van der Waals surface area contributed by atoms with Crippen molar-refractivity contribution in [3.8, 4) is 0 Å². The average Bonchev–Trinajstić information content (AvgIpc) is 1.81. The summed E-state index contributed by atoms with van der Waals surface area (Å²) in [5.74, 6) is 0. The molecule has 7 heteroatoms. The fourth-order valence-electron chi connectivity index (χ4n) is 1.33. The molecule has 0 spiro atoms. The van der Waals surface area contributed by atoms with Crippen molar-refractivity contribution in [2.45, 2.75) is 46.7 Å². The van der Waals surface area contributed by atoms with Crippen molar-refractivity contribution < 1.29 is 17.5 Å². The van der Waals surface area contributed by atoms with Crippen LogP contribution in [0.2, 0.25) is 0 Å². The van der Waals surface area contributed by atoms with Gasteiger partial charge in [-0.15, -0.1) is 0 Å². The van der Waals surface area contributed by atoms with Gasteiger partial charge in [-0.1, -0.05) is 6.92 Å². The van der Waals surface area contributed by atoms with Gasteiger partial charge in [0.05, 0.1) is 0 Å². The topological polar surface area (TPSA) is 83.5 Å². The summed E-state index contributed by atoms with van der Waals surface area (Å²) in [6, 6.07) is 1.38. The quantitative estimate of drug-likeness (QED) is 0.411. The zero-order valence-electron chi connectivity index (χ0n) is 10.1. The van der Waals surface area contributed by atoms with Crippen LogP contribution in [0, 0.1) is 0 Å². The van der Waals surface area contributed by atoms with Gasteiger partial charge in [-0.3, -0.25) is 13.3 Å². The van der Waals surface area contributed by atoms with Crippen molar-refractivity contribution in [2.24, 2.45) is 0 Å². The molecule has 0 saturated carbocycles. The van der Waals surface area contributed by atoms with Crippen molar-refractivity contribution in [3.63, 3.8) is 0 Å². The third-order valence-electron chi connectivity index (χ3n) is 1.69. The molecule has 0 bridgehead atoms. The minimum atomic E-state index is -5.17. The Morgan fingerprint density at radius 1 is 1.07 bits per heavy atom. The van der Waals surface area contributed by atoms with Crippen LogP contribution in [0.1, 0.15) is 34.6 Å². The van der Waals surface area contributed by atoms with Crippen LogP contribution in [0.15, 0.2) is 0 Å². The fourth-order valence-corrected chi connectivity index (χ4v) is 1.33. The van der Waals surface area contributed by atoms with Crippen LogP contribution in [0.25, 0.3) is 0 Å². The van der Waals surface area contributed by atoms with E-state index >= 15 is 0 Å². The molecule has 0 atom stereocenters. The van der Waals surface area contributed by atoms with E-state index in [0.717, 1.165) is 6.54 Å².